The number of carbonyl (C=O) groups excluding carboxylic acids is 1. The van der Waals surface area contributed by atoms with Gasteiger partial charge in [-0.15, -0.1) is 11.3 Å². The first-order valence-corrected chi connectivity index (χ1v) is 17.5. The number of nitriles is 1. The van der Waals surface area contributed by atoms with Crippen LogP contribution in [0.2, 0.25) is 5.02 Å². The summed E-state index contributed by atoms with van der Waals surface area (Å²) < 4.78 is 29.8. The smallest absolute Gasteiger partial charge is 0.253 e. The van der Waals surface area contributed by atoms with Crippen LogP contribution < -0.4 is 0 Å². The molecule has 46 heavy (non-hydrogen) atoms. The lowest BCUT2D eigenvalue weighted by molar-refractivity contribution is -0.139. The van der Waals surface area contributed by atoms with E-state index in [1.165, 1.54) is 4.31 Å². The Hall–Kier alpha value is -4.33. The predicted octanol–water partition coefficient (Wildman–Crippen LogP) is 7.65. The highest BCUT2D eigenvalue weighted by Gasteiger charge is 2.40. The maximum atomic E-state index is 13.8. The van der Waals surface area contributed by atoms with Gasteiger partial charge in [0.15, 0.2) is 0 Å². The molecule has 4 aromatic carbocycles. The summed E-state index contributed by atoms with van der Waals surface area (Å²) in [5, 5.41) is 11.3. The Morgan fingerprint density at radius 2 is 1.65 bits per heavy atom. The first-order chi connectivity index (χ1) is 22.1. The zero-order valence-electron chi connectivity index (χ0n) is 25.3. The van der Waals surface area contributed by atoms with Crippen molar-refractivity contribution in [1.29, 1.82) is 5.26 Å². The standard InChI is InChI=1S/C36H31ClN4O3S2/c1-24(2)32-22-40(46(43,44)35-18-28-15-16-30(37)19-33(28)45-35)23-34(42)41(32)21-25-13-14-29(20-38)31(17-25)39-36(26-9-5-3-6-10-26)27-11-7-4-8-12-27/h3-19,24,32H,21-23H2,1-2H3. The van der Waals surface area contributed by atoms with Gasteiger partial charge in [0.25, 0.3) is 10.0 Å². The number of halogens is 1. The van der Waals surface area contributed by atoms with Crippen molar-refractivity contribution in [1.82, 2.24) is 9.21 Å². The molecule has 0 N–H and O–H groups in total. The van der Waals surface area contributed by atoms with Gasteiger partial charge in [-0.3, -0.25) is 4.79 Å². The largest absolute Gasteiger partial charge is 0.333 e. The fourth-order valence-corrected chi connectivity index (χ4v) is 8.90. The quantitative estimate of drug-likeness (QED) is 0.159. The van der Waals surface area contributed by atoms with Crippen molar-refractivity contribution in [3.8, 4) is 6.07 Å². The SMILES string of the molecule is CC(C)C1CN(S(=O)(=O)c2cc3ccc(Cl)cc3s2)CC(=O)N1Cc1ccc(C#N)c(N=C(c2ccccc2)c2ccccc2)c1. The number of sulfonamides is 1. The van der Waals surface area contributed by atoms with E-state index in [0.717, 1.165) is 43.8 Å². The topological polar surface area (TPSA) is 93.8 Å². The Kier molecular flexibility index (Phi) is 9.07. The number of carbonyl (C=O) groups is 1. The number of nitrogens with zero attached hydrogens (tertiary/aromatic N) is 4. The minimum Gasteiger partial charge on any atom is -0.333 e. The van der Waals surface area contributed by atoms with Gasteiger partial charge in [-0.2, -0.15) is 9.57 Å². The molecule has 1 atom stereocenters. The van der Waals surface area contributed by atoms with Crippen LogP contribution in [0.25, 0.3) is 10.1 Å². The summed E-state index contributed by atoms with van der Waals surface area (Å²) in [4.78, 5) is 20.5. The van der Waals surface area contributed by atoms with Crippen LogP contribution in [0.1, 0.15) is 36.1 Å². The van der Waals surface area contributed by atoms with Crippen LogP contribution in [-0.4, -0.2) is 48.4 Å². The van der Waals surface area contributed by atoms with E-state index in [9.17, 15) is 18.5 Å². The van der Waals surface area contributed by atoms with Crippen molar-refractivity contribution in [3.05, 3.63) is 130 Å². The molecule has 0 saturated carbocycles. The van der Waals surface area contributed by atoms with Gasteiger partial charge in [0, 0.05) is 40.0 Å². The molecule has 232 valence electrons. The van der Waals surface area contributed by atoms with E-state index in [1.54, 1.807) is 35.2 Å². The normalized spacial score (nSPS) is 15.7. The molecule has 0 aliphatic carbocycles. The summed E-state index contributed by atoms with van der Waals surface area (Å²) in [5.74, 6) is -0.289. The summed E-state index contributed by atoms with van der Waals surface area (Å²) in [6.07, 6.45) is 0. The van der Waals surface area contributed by atoms with E-state index in [-0.39, 0.29) is 41.7 Å². The zero-order valence-corrected chi connectivity index (χ0v) is 27.7. The first kappa shape index (κ1) is 31.6. The van der Waals surface area contributed by atoms with Gasteiger partial charge in [0.1, 0.15) is 10.3 Å². The highest BCUT2D eigenvalue weighted by molar-refractivity contribution is 7.91. The summed E-state index contributed by atoms with van der Waals surface area (Å²) in [7, 11) is -3.91. The molecular weight excluding hydrogens is 636 g/mol. The Labute approximate surface area is 278 Å². The molecule has 7 nitrogen and oxygen atoms in total. The number of fused-ring (bicyclic) bond motifs is 1. The van der Waals surface area contributed by atoms with Crippen LogP contribution >= 0.6 is 22.9 Å². The van der Waals surface area contributed by atoms with Crippen LogP contribution in [0.3, 0.4) is 0 Å². The molecule has 1 fully saturated rings. The molecule has 0 bridgehead atoms. The van der Waals surface area contributed by atoms with E-state index < -0.39 is 10.0 Å². The van der Waals surface area contributed by atoms with Crippen LogP contribution in [0.4, 0.5) is 5.69 Å². The lowest BCUT2D eigenvalue weighted by atomic mass is 9.99. The molecule has 0 spiro atoms. The molecule has 10 heteroatoms. The van der Waals surface area contributed by atoms with Crippen molar-refractivity contribution in [2.75, 3.05) is 13.1 Å². The highest BCUT2D eigenvalue weighted by Crippen LogP contribution is 2.34. The second-order valence-corrected chi connectivity index (χ2v) is 15.2. The van der Waals surface area contributed by atoms with Gasteiger partial charge >= 0.3 is 0 Å². The minimum absolute atomic E-state index is 0.0122. The number of thiophene rings is 1. The van der Waals surface area contributed by atoms with Crippen molar-refractivity contribution in [2.24, 2.45) is 10.9 Å². The van der Waals surface area contributed by atoms with Crippen molar-refractivity contribution < 1.29 is 13.2 Å². The minimum atomic E-state index is -3.91. The average molecular weight is 667 g/mol. The Morgan fingerprint density at radius 3 is 2.28 bits per heavy atom. The second kappa shape index (κ2) is 13.2. The fourth-order valence-electron chi connectivity index (χ4n) is 5.66. The highest BCUT2D eigenvalue weighted by atomic mass is 35.5. The van der Waals surface area contributed by atoms with Crippen LogP contribution in [0, 0.1) is 17.2 Å². The summed E-state index contributed by atoms with van der Waals surface area (Å²) in [6.45, 7) is 4.16. The summed E-state index contributed by atoms with van der Waals surface area (Å²) in [5.41, 5.74) is 4.28. The Morgan fingerprint density at radius 1 is 0.978 bits per heavy atom. The second-order valence-electron chi connectivity index (χ2n) is 11.5. The summed E-state index contributed by atoms with van der Waals surface area (Å²) in [6, 6.07) is 33.8. The number of piperazine rings is 1. The average Bonchev–Trinajstić information content (AvgIpc) is 3.49. The molecule has 1 aromatic heterocycles. The maximum Gasteiger partial charge on any atom is 0.253 e. The van der Waals surface area contributed by atoms with Crippen molar-refractivity contribution >= 4 is 60.4 Å². The monoisotopic (exact) mass is 666 g/mol. The lowest BCUT2D eigenvalue weighted by Crippen LogP contribution is -2.58. The van der Waals surface area contributed by atoms with Crippen LogP contribution in [0.15, 0.2) is 112 Å². The molecule has 0 radical (unpaired) electrons. The number of aliphatic imine (C=N–C) groups is 1. The molecule has 1 saturated heterocycles. The van der Waals surface area contributed by atoms with E-state index in [1.807, 2.05) is 86.6 Å². The first-order valence-electron chi connectivity index (χ1n) is 14.9. The predicted molar refractivity (Wildman–Crippen MR) is 184 cm³/mol. The molecule has 5 aromatic rings. The molecule has 6 rings (SSSR count). The van der Waals surface area contributed by atoms with Gasteiger partial charge < -0.3 is 4.90 Å². The molecule has 1 amide bonds. The van der Waals surface area contributed by atoms with Gasteiger partial charge in [-0.25, -0.2) is 13.4 Å². The molecular formula is C36H31ClN4O3S2. The number of hydrogen-bond donors (Lipinski definition) is 0. The Balaban J connectivity index is 1.30. The number of amides is 1. The van der Waals surface area contributed by atoms with E-state index in [2.05, 4.69) is 6.07 Å². The van der Waals surface area contributed by atoms with Crippen molar-refractivity contribution in [2.45, 2.75) is 30.6 Å². The molecule has 1 aliphatic rings. The van der Waals surface area contributed by atoms with Gasteiger partial charge in [-0.1, -0.05) is 98.2 Å². The van der Waals surface area contributed by atoms with E-state index in [4.69, 9.17) is 16.6 Å². The lowest BCUT2D eigenvalue weighted by Gasteiger charge is -2.42. The number of benzene rings is 4. The molecule has 1 unspecified atom stereocenters. The maximum absolute atomic E-state index is 13.8. The van der Waals surface area contributed by atoms with E-state index in [0.29, 0.717) is 16.3 Å². The van der Waals surface area contributed by atoms with Crippen LogP contribution in [-0.2, 0) is 21.4 Å². The van der Waals surface area contributed by atoms with Gasteiger partial charge in [0.05, 0.1) is 23.5 Å². The molecule has 2 heterocycles. The summed E-state index contributed by atoms with van der Waals surface area (Å²) >= 11 is 7.28. The number of rotatable bonds is 8. The van der Waals surface area contributed by atoms with Crippen molar-refractivity contribution in [3.63, 3.8) is 0 Å². The number of hydrogen-bond acceptors (Lipinski definition) is 6. The Bertz CT molecular complexity index is 2050. The van der Waals surface area contributed by atoms with Gasteiger partial charge in [-0.05, 0) is 47.2 Å². The van der Waals surface area contributed by atoms with Crippen LogP contribution in [0.5, 0.6) is 0 Å². The van der Waals surface area contributed by atoms with E-state index >= 15 is 0 Å². The third-order valence-corrected chi connectivity index (χ3v) is 11.7. The molecule has 1 aliphatic heterocycles. The fraction of sp³-hybridized carbons (Fsp3) is 0.194. The third kappa shape index (κ3) is 6.48. The zero-order chi connectivity index (χ0) is 32.4. The van der Waals surface area contributed by atoms with Gasteiger partial charge in [0.2, 0.25) is 5.91 Å². The third-order valence-electron chi connectivity index (χ3n) is 8.11.